The molecule has 1 N–H and O–H groups in total. The number of nitrogens with one attached hydrogen (secondary N) is 1. The minimum atomic E-state index is -3.88. The number of amides is 1. The Balaban J connectivity index is 2.13. The first-order chi connectivity index (χ1) is 9.78. The zero-order valence-electron chi connectivity index (χ0n) is 10.3. The number of benzene rings is 1. The molecule has 2 aromatic rings. The van der Waals surface area contributed by atoms with Crippen LogP contribution in [0.4, 0.5) is 14.5 Å². The maximum atomic E-state index is 13.3. The molecule has 0 aliphatic rings. The van der Waals surface area contributed by atoms with E-state index in [9.17, 15) is 22.0 Å². The van der Waals surface area contributed by atoms with Crippen molar-refractivity contribution in [3.8, 4) is 0 Å². The number of sulfone groups is 1. The number of hydrogen-bond acceptors (Lipinski definition) is 4. The molecule has 0 saturated heterocycles. The Bertz CT molecular complexity index is 790. The molecule has 0 fully saturated rings. The van der Waals surface area contributed by atoms with Gasteiger partial charge in [0.15, 0.2) is 9.84 Å². The topological polar surface area (TPSA) is 63.2 Å². The summed E-state index contributed by atoms with van der Waals surface area (Å²) in [5.41, 5.74) is -0.417. The third-order valence-corrected chi connectivity index (χ3v) is 5.81. The summed E-state index contributed by atoms with van der Waals surface area (Å²) in [5.74, 6) is -3.47. The smallest absolute Gasteiger partial charge is 0.240 e. The van der Waals surface area contributed by atoms with Crippen molar-refractivity contribution in [3.63, 3.8) is 0 Å². The second kappa shape index (κ2) is 6.08. The fourth-order valence-electron chi connectivity index (χ4n) is 1.49. The molecule has 1 aromatic heterocycles. The van der Waals surface area contributed by atoms with Crippen LogP contribution in [0.5, 0.6) is 0 Å². The normalized spacial score (nSPS) is 11.4. The lowest BCUT2D eigenvalue weighted by atomic mass is 10.3. The standard InChI is InChI=1S/C12H8ClF2NO3S2/c13-10-3-4-12(20-10)21(18,19)6-11(17)16-9-5-7(14)1-2-8(9)15/h1-5H,6H2,(H,16,17). The molecule has 1 amide bonds. The van der Waals surface area contributed by atoms with Crippen LogP contribution in [-0.4, -0.2) is 20.1 Å². The van der Waals surface area contributed by atoms with Gasteiger partial charge in [-0.2, -0.15) is 0 Å². The Morgan fingerprint density at radius 3 is 2.57 bits per heavy atom. The largest absolute Gasteiger partial charge is 0.323 e. The van der Waals surface area contributed by atoms with Gasteiger partial charge >= 0.3 is 0 Å². The maximum Gasteiger partial charge on any atom is 0.240 e. The van der Waals surface area contributed by atoms with Crippen LogP contribution in [-0.2, 0) is 14.6 Å². The van der Waals surface area contributed by atoms with E-state index >= 15 is 0 Å². The molecule has 0 bridgehead atoms. The third-order valence-electron chi connectivity index (χ3n) is 2.38. The molecular formula is C12H8ClF2NO3S2. The van der Waals surface area contributed by atoms with E-state index in [1.54, 1.807) is 0 Å². The monoisotopic (exact) mass is 351 g/mol. The minimum absolute atomic E-state index is 0.0673. The zero-order chi connectivity index (χ0) is 15.6. The lowest BCUT2D eigenvalue weighted by molar-refractivity contribution is -0.113. The zero-order valence-corrected chi connectivity index (χ0v) is 12.7. The summed E-state index contributed by atoms with van der Waals surface area (Å²) in [6.45, 7) is 0. The molecule has 1 aromatic carbocycles. The van der Waals surface area contributed by atoms with E-state index in [0.29, 0.717) is 0 Å². The van der Waals surface area contributed by atoms with Crippen molar-refractivity contribution in [2.24, 2.45) is 0 Å². The first-order valence-electron chi connectivity index (χ1n) is 5.51. The lowest BCUT2D eigenvalue weighted by Crippen LogP contribution is -2.23. The van der Waals surface area contributed by atoms with Gasteiger partial charge in [0, 0.05) is 6.07 Å². The fraction of sp³-hybridized carbons (Fsp3) is 0.0833. The number of anilines is 1. The predicted octanol–water partition coefficient (Wildman–Crippen LogP) is 3.09. The van der Waals surface area contributed by atoms with Crippen molar-refractivity contribution in [2.75, 3.05) is 11.1 Å². The van der Waals surface area contributed by atoms with Crippen LogP contribution in [0.15, 0.2) is 34.5 Å². The quantitative estimate of drug-likeness (QED) is 0.920. The molecule has 1 heterocycles. The van der Waals surface area contributed by atoms with Crippen molar-refractivity contribution >= 4 is 44.4 Å². The van der Waals surface area contributed by atoms with E-state index in [-0.39, 0.29) is 8.55 Å². The minimum Gasteiger partial charge on any atom is -0.323 e. The van der Waals surface area contributed by atoms with Gasteiger partial charge in [0.05, 0.1) is 10.0 Å². The number of carbonyl (C=O) groups excluding carboxylic acids is 1. The number of carbonyl (C=O) groups is 1. The van der Waals surface area contributed by atoms with Gasteiger partial charge in [-0.3, -0.25) is 4.79 Å². The summed E-state index contributed by atoms with van der Waals surface area (Å²) in [4.78, 5) is 11.7. The van der Waals surface area contributed by atoms with Crippen LogP contribution in [0.2, 0.25) is 4.34 Å². The highest BCUT2D eigenvalue weighted by Gasteiger charge is 2.22. The van der Waals surface area contributed by atoms with E-state index < -0.39 is 38.8 Å². The molecule has 112 valence electrons. The van der Waals surface area contributed by atoms with Gasteiger partial charge < -0.3 is 5.32 Å². The van der Waals surface area contributed by atoms with Crippen LogP contribution >= 0.6 is 22.9 Å². The van der Waals surface area contributed by atoms with Gasteiger partial charge in [-0.15, -0.1) is 11.3 Å². The molecule has 21 heavy (non-hydrogen) atoms. The summed E-state index contributed by atoms with van der Waals surface area (Å²) in [6.07, 6.45) is 0. The Morgan fingerprint density at radius 1 is 1.24 bits per heavy atom. The average molecular weight is 352 g/mol. The van der Waals surface area contributed by atoms with Crippen LogP contribution in [0, 0.1) is 11.6 Å². The van der Waals surface area contributed by atoms with Gasteiger partial charge in [0.1, 0.15) is 21.6 Å². The summed E-state index contributed by atoms with van der Waals surface area (Å²) in [7, 11) is -3.88. The molecule has 0 aliphatic heterocycles. The molecular weight excluding hydrogens is 344 g/mol. The van der Waals surface area contributed by atoms with Gasteiger partial charge in [0.25, 0.3) is 0 Å². The van der Waals surface area contributed by atoms with Crippen molar-refractivity contribution in [1.82, 2.24) is 0 Å². The second-order valence-electron chi connectivity index (χ2n) is 3.99. The van der Waals surface area contributed by atoms with Crippen molar-refractivity contribution in [1.29, 1.82) is 0 Å². The Hall–Kier alpha value is -1.51. The molecule has 0 radical (unpaired) electrons. The number of hydrogen-bond donors (Lipinski definition) is 1. The van der Waals surface area contributed by atoms with Gasteiger partial charge in [0.2, 0.25) is 5.91 Å². The van der Waals surface area contributed by atoms with Gasteiger partial charge in [-0.05, 0) is 24.3 Å². The average Bonchev–Trinajstić information content (AvgIpc) is 2.81. The van der Waals surface area contributed by atoms with E-state index in [4.69, 9.17) is 11.6 Å². The van der Waals surface area contributed by atoms with E-state index in [0.717, 1.165) is 29.5 Å². The number of rotatable bonds is 4. The van der Waals surface area contributed by atoms with Crippen molar-refractivity contribution in [3.05, 3.63) is 46.3 Å². The Kier molecular flexibility index (Phi) is 4.60. The number of halogens is 3. The summed E-state index contributed by atoms with van der Waals surface area (Å²) in [6, 6.07) is 5.15. The first-order valence-corrected chi connectivity index (χ1v) is 8.35. The summed E-state index contributed by atoms with van der Waals surface area (Å²) in [5, 5.41) is 2.02. The van der Waals surface area contributed by atoms with Gasteiger partial charge in [-0.25, -0.2) is 17.2 Å². The molecule has 2 rings (SSSR count). The third kappa shape index (κ3) is 3.99. The number of thiophene rings is 1. The Morgan fingerprint density at radius 2 is 1.95 bits per heavy atom. The Labute approximate surface area is 128 Å². The highest BCUT2D eigenvalue weighted by atomic mass is 35.5. The predicted molar refractivity (Wildman–Crippen MR) is 76.4 cm³/mol. The van der Waals surface area contributed by atoms with E-state index in [1.165, 1.54) is 12.1 Å². The summed E-state index contributed by atoms with van der Waals surface area (Å²) < 4.78 is 50.3. The van der Waals surface area contributed by atoms with Gasteiger partial charge in [-0.1, -0.05) is 11.6 Å². The molecule has 0 atom stereocenters. The summed E-state index contributed by atoms with van der Waals surface area (Å²) >= 11 is 6.45. The molecule has 4 nitrogen and oxygen atoms in total. The fourth-order valence-corrected chi connectivity index (χ4v) is 4.19. The van der Waals surface area contributed by atoms with Crippen molar-refractivity contribution in [2.45, 2.75) is 4.21 Å². The van der Waals surface area contributed by atoms with Crippen molar-refractivity contribution < 1.29 is 22.0 Å². The molecule has 0 saturated carbocycles. The molecule has 0 unspecified atom stereocenters. The van der Waals surface area contributed by atoms with E-state index in [1.807, 2.05) is 5.32 Å². The van der Waals surface area contributed by atoms with Crippen LogP contribution in [0.25, 0.3) is 0 Å². The molecule has 9 heteroatoms. The highest BCUT2D eigenvalue weighted by Crippen LogP contribution is 2.26. The highest BCUT2D eigenvalue weighted by molar-refractivity contribution is 7.94. The maximum absolute atomic E-state index is 13.3. The van der Waals surface area contributed by atoms with E-state index in [2.05, 4.69) is 0 Å². The molecule has 0 aliphatic carbocycles. The first kappa shape index (κ1) is 15.9. The van der Waals surface area contributed by atoms with Crippen LogP contribution < -0.4 is 5.32 Å². The van der Waals surface area contributed by atoms with Crippen LogP contribution in [0.3, 0.4) is 0 Å². The second-order valence-corrected chi connectivity index (χ2v) is 7.92. The van der Waals surface area contributed by atoms with Crippen LogP contribution in [0.1, 0.15) is 0 Å². The molecule has 0 spiro atoms. The SMILES string of the molecule is O=C(CS(=O)(=O)c1ccc(Cl)s1)Nc1cc(F)ccc1F. The lowest BCUT2D eigenvalue weighted by Gasteiger charge is -2.06.